The van der Waals surface area contributed by atoms with E-state index in [1.165, 1.54) is 7.11 Å². The summed E-state index contributed by atoms with van der Waals surface area (Å²) in [6, 6.07) is 9.45. The van der Waals surface area contributed by atoms with E-state index in [9.17, 15) is 9.90 Å². The van der Waals surface area contributed by atoms with Gasteiger partial charge in [-0.2, -0.15) is 0 Å². The van der Waals surface area contributed by atoms with Crippen LogP contribution in [0.3, 0.4) is 0 Å². The maximum absolute atomic E-state index is 11.1. The smallest absolute Gasteiger partial charge is 0.305 e. The van der Waals surface area contributed by atoms with Gasteiger partial charge < -0.3 is 9.84 Å². The third-order valence-electron chi connectivity index (χ3n) is 2.87. The fourth-order valence-electron chi connectivity index (χ4n) is 1.91. The molecule has 1 N–H and O–H groups in total. The summed E-state index contributed by atoms with van der Waals surface area (Å²) >= 11 is 0. The van der Waals surface area contributed by atoms with E-state index in [1.807, 2.05) is 30.3 Å². The van der Waals surface area contributed by atoms with Crippen LogP contribution < -0.4 is 0 Å². The van der Waals surface area contributed by atoms with Crippen LogP contribution in [0, 0.1) is 0 Å². The molecule has 0 bridgehead atoms. The molecule has 0 aliphatic carbocycles. The second-order valence-electron chi connectivity index (χ2n) is 4.05. The molecule has 1 atom stereocenters. The van der Waals surface area contributed by atoms with Gasteiger partial charge in [0.25, 0.3) is 0 Å². The number of aliphatic hydroxyl groups is 1. The number of para-hydroxylation sites is 1. The Labute approximate surface area is 105 Å². The number of carbonyl (C=O) groups excluding carboxylic acids is 1. The van der Waals surface area contributed by atoms with Crippen molar-refractivity contribution in [1.82, 2.24) is 4.98 Å². The van der Waals surface area contributed by atoms with Gasteiger partial charge in [-0.3, -0.25) is 9.78 Å². The zero-order chi connectivity index (χ0) is 13.0. The molecule has 0 amide bonds. The van der Waals surface area contributed by atoms with E-state index in [0.717, 1.165) is 16.5 Å². The Kier molecular flexibility index (Phi) is 3.89. The van der Waals surface area contributed by atoms with E-state index in [1.54, 1.807) is 6.20 Å². The number of aromatic nitrogens is 1. The van der Waals surface area contributed by atoms with Crippen molar-refractivity contribution in [1.29, 1.82) is 0 Å². The van der Waals surface area contributed by atoms with Crippen molar-refractivity contribution in [2.75, 3.05) is 7.11 Å². The lowest BCUT2D eigenvalue weighted by Crippen LogP contribution is -2.05. The van der Waals surface area contributed by atoms with Gasteiger partial charge >= 0.3 is 5.97 Å². The minimum absolute atomic E-state index is 0.195. The first-order chi connectivity index (χ1) is 8.72. The lowest BCUT2D eigenvalue weighted by molar-refractivity contribution is -0.141. The minimum atomic E-state index is -0.706. The van der Waals surface area contributed by atoms with Gasteiger partial charge in [0.2, 0.25) is 0 Å². The molecule has 4 heteroatoms. The van der Waals surface area contributed by atoms with Gasteiger partial charge in [0.1, 0.15) is 0 Å². The largest absolute Gasteiger partial charge is 0.469 e. The molecule has 0 saturated heterocycles. The number of ether oxygens (including phenoxy) is 1. The number of esters is 1. The summed E-state index contributed by atoms with van der Waals surface area (Å²) in [4.78, 5) is 15.3. The molecule has 1 unspecified atom stereocenters. The van der Waals surface area contributed by atoms with Gasteiger partial charge in [-0.1, -0.05) is 24.3 Å². The van der Waals surface area contributed by atoms with Crippen molar-refractivity contribution in [3.63, 3.8) is 0 Å². The number of rotatable bonds is 4. The van der Waals surface area contributed by atoms with Crippen molar-refractivity contribution < 1.29 is 14.6 Å². The summed E-state index contributed by atoms with van der Waals surface area (Å²) in [6.07, 6.45) is 1.52. The Morgan fingerprint density at radius 1 is 1.39 bits per heavy atom. The van der Waals surface area contributed by atoms with E-state index < -0.39 is 6.10 Å². The molecule has 0 radical (unpaired) electrons. The number of pyridine rings is 1. The molecule has 2 rings (SSSR count). The first-order valence-electron chi connectivity index (χ1n) is 5.81. The molecule has 18 heavy (non-hydrogen) atoms. The van der Waals surface area contributed by atoms with Crippen molar-refractivity contribution in [3.8, 4) is 0 Å². The number of nitrogens with zero attached hydrogens (tertiary/aromatic N) is 1. The highest BCUT2D eigenvalue weighted by atomic mass is 16.5. The van der Waals surface area contributed by atoms with Crippen molar-refractivity contribution in [2.45, 2.75) is 18.9 Å². The van der Waals surface area contributed by atoms with E-state index in [0.29, 0.717) is 6.42 Å². The van der Waals surface area contributed by atoms with E-state index in [-0.39, 0.29) is 12.4 Å². The van der Waals surface area contributed by atoms with Gasteiger partial charge in [0.15, 0.2) is 0 Å². The molecule has 1 heterocycles. The van der Waals surface area contributed by atoms with Crippen LogP contribution in [0.25, 0.3) is 10.9 Å². The summed E-state index contributed by atoms with van der Waals surface area (Å²) in [6.45, 7) is 0. The molecule has 0 spiro atoms. The van der Waals surface area contributed by atoms with Crippen LogP contribution >= 0.6 is 0 Å². The zero-order valence-electron chi connectivity index (χ0n) is 10.2. The summed E-state index contributed by atoms with van der Waals surface area (Å²) in [5, 5.41) is 11.1. The molecular weight excluding hydrogens is 230 g/mol. The van der Waals surface area contributed by atoms with E-state index >= 15 is 0 Å². The fraction of sp³-hybridized carbons (Fsp3) is 0.286. The van der Waals surface area contributed by atoms with E-state index in [2.05, 4.69) is 9.72 Å². The second-order valence-corrected chi connectivity index (χ2v) is 4.05. The van der Waals surface area contributed by atoms with Crippen LogP contribution in [0.2, 0.25) is 0 Å². The number of aliphatic hydroxyl groups excluding tert-OH is 1. The van der Waals surface area contributed by atoms with Crippen LogP contribution in [0.5, 0.6) is 0 Å². The normalized spacial score (nSPS) is 12.3. The molecular formula is C14H15NO3. The predicted octanol–water partition coefficient (Wildman–Crippen LogP) is 2.22. The van der Waals surface area contributed by atoms with Crippen molar-refractivity contribution in [2.24, 2.45) is 0 Å². The number of fused-ring (bicyclic) bond motifs is 1. The third kappa shape index (κ3) is 2.65. The first kappa shape index (κ1) is 12.5. The van der Waals surface area contributed by atoms with Gasteiger partial charge in [-0.15, -0.1) is 0 Å². The Hall–Kier alpha value is -1.94. The predicted molar refractivity (Wildman–Crippen MR) is 68.0 cm³/mol. The Morgan fingerprint density at radius 2 is 2.17 bits per heavy atom. The topological polar surface area (TPSA) is 59.4 Å². The highest BCUT2D eigenvalue weighted by molar-refractivity contribution is 5.81. The Morgan fingerprint density at radius 3 is 2.94 bits per heavy atom. The number of methoxy groups -OCH3 is 1. The SMILES string of the molecule is COC(=O)CCC(O)c1cccc2cccnc12. The van der Waals surface area contributed by atoms with Crippen molar-refractivity contribution in [3.05, 3.63) is 42.1 Å². The molecule has 2 aromatic rings. The first-order valence-corrected chi connectivity index (χ1v) is 5.81. The number of hydrogen-bond donors (Lipinski definition) is 1. The van der Waals surface area contributed by atoms with Crippen LogP contribution in [-0.2, 0) is 9.53 Å². The summed E-state index contributed by atoms with van der Waals surface area (Å²) < 4.78 is 4.56. The number of benzene rings is 1. The van der Waals surface area contributed by atoms with Gasteiger partial charge in [0.05, 0.1) is 18.7 Å². The number of carbonyl (C=O) groups is 1. The minimum Gasteiger partial charge on any atom is -0.469 e. The Bertz CT molecular complexity index is 548. The molecule has 0 aliphatic heterocycles. The summed E-state index contributed by atoms with van der Waals surface area (Å²) in [7, 11) is 1.34. The molecule has 1 aromatic heterocycles. The lowest BCUT2D eigenvalue weighted by atomic mass is 10.0. The Balaban J connectivity index is 2.22. The van der Waals surface area contributed by atoms with Gasteiger partial charge in [-0.05, 0) is 12.5 Å². The van der Waals surface area contributed by atoms with Crippen LogP contribution in [0.1, 0.15) is 24.5 Å². The molecule has 0 aliphatic rings. The van der Waals surface area contributed by atoms with Crippen LogP contribution in [0.4, 0.5) is 0 Å². The van der Waals surface area contributed by atoms with Crippen LogP contribution in [0.15, 0.2) is 36.5 Å². The molecule has 0 saturated carbocycles. The molecule has 1 aromatic carbocycles. The van der Waals surface area contributed by atoms with Gasteiger partial charge in [0, 0.05) is 23.6 Å². The van der Waals surface area contributed by atoms with Crippen molar-refractivity contribution >= 4 is 16.9 Å². The fourth-order valence-corrected chi connectivity index (χ4v) is 1.91. The average molecular weight is 245 g/mol. The summed E-state index contributed by atoms with van der Waals surface area (Å²) in [5.74, 6) is -0.317. The molecule has 0 fully saturated rings. The second kappa shape index (κ2) is 5.60. The standard InChI is InChI=1S/C14H15NO3/c1-18-13(17)8-7-12(16)11-6-2-4-10-5-3-9-15-14(10)11/h2-6,9,12,16H,7-8H2,1H3. The lowest BCUT2D eigenvalue weighted by Gasteiger charge is -2.12. The van der Waals surface area contributed by atoms with E-state index in [4.69, 9.17) is 0 Å². The summed E-state index contributed by atoms with van der Waals surface area (Å²) in [5.41, 5.74) is 1.52. The quantitative estimate of drug-likeness (QED) is 0.839. The molecule has 94 valence electrons. The number of hydrogen-bond acceptors (Lipinski definition) is 4. The molecule has 4 nitrogen and oxygen atoms in total. The average Bonchev–Trinajstić information content (AvgIpc) is 2.43. The maximum Gasteiger partial charge on any atom is 0.305 e. The monoisotopic (exact) mass is 245 g/mol. The highest BCUT2D eigenvalue weighted by Crippen LogP contribution is 2.25. The maximum atomic E-state index is 11.1. The third-order valence-corrected chi connectivity index (χ3v) is 2.87. The zero-order valence-corrected chi connectivity index (χ0v) is 10.2. The van der Waals surface area contributed by atoms with Gasteiger partial charge in [-0.25, -0.2) is 0 Å². The highest BCUT2D eigenvalue weighted by Gasteiger charge is 2.13. The van der Waals surface area contributed by atoms with Crippen LogP contribution in [-0.4, -0.2) is 23.2 Å².